The lowest BCUT2D eigenvalue weighted by Gasteiger charge is -2.36. The lowest BCUT2D eigenvalue weighted by molar-refractivity contribution is 0.249. The van der Waals surface area contributed by atoms with E-state index in [-0.39, 0.29) is 0 Å². The Bertz CT molecular complexity index is 875. The molecule has 3 aromatic rings. The van der Waals surface area contributed by atoms with Crippen LogP contribution in [-0.2, 0) is 13.2 Å². The van der Waals surface area contributed by atoms with Crippen molar-refractivity contribution < 1.29 is 4.74 Å². The summed E-state index contributed by atoms with van der Waals surface area (Å²) in [5.41, 5.74) is 3.72. The maximum absolute atomic E-state index is 6.12. The van der Waals surface area contributed by atoms with Gasteiger partial charge in [0.25, 0.3) is 0 Å². The van der Waals surface area contributed by atoms with E-state index in [0.717, 1.165) is 43.5 Å². The lowest BCUT2D eigenvalue weighted by atomic mass is 10.2. The molecule has 4 rings (SSSR count). The molecule has 0 saturated carbocycles. The van der Waals surface area contributed by atoms with E-state index in [1.807, 2.05) is 36.4 Å². The second-order valence-corrected chi connectivity index (χ2v) is 7.60. The lowest BCUT2D eigenvalue weighted by Crippen LogP contribution is -2.45. The van der Waals surface area contributed by atoms with Crippen molar-refractivity contribution >= 4 is 17.3 Å². The first-order chi connectivity index (χ1) is 13.8. The highest BCUT2D eigenvalue weighted by molar-refractivity contribution is 6.30. The minimum atomic E-state index is 0.603. The van der Waals surface area contributed by atoms with Crippen LogP contribution in [0.25, 0.3) is 0 Å². The van der Waals surface area contributed by atoms with Crippen LogP contribution in [0.1, 0.15) is 11.1 Å². The van der Waals surface area contributed by atoms with Gasteiger partial charge >= 0.3 is 0 Å². The Morgan fingerprint density at radius 3 is 2.21 bits per heavy atom. The molecule has 0 aliphatic carbocycles. The van der Waals surface area contributed by atoms with Crippen LogP contribution in [0.15, 0.2) is 78.9 Å². The summed E-state index contributed by atoms with van der Waals surface area (Å²) in [5.74, 6) is 0.915. The third-order valence-corrected chi connectivity index (χ3v) is 5.36. The van der Waals surface area contributed by atoms with Crippen molar-refractivity contribution in [2.45, 2.75) is 13.2 Å². The quantitative estimate of drug-likeness (QED) is 0.570. The molecule has 1 saturated heterocycles. The van der Waals surface area contributed by atoms with E-state index in [2.05, 4.69) is 52.3 Å². The molecule has 0 unspecified atom stereocenters. The molecule has 4 heteroatoms. The fourth-order valence-corrected chi connectivity index (χ4v) is 3.71. The molecule has 1 aliphatic rings. The average Bonchev–Trinajstić information content (AvgIpc) is 2.75. The predicted molar refractivity (Wildman–Crippen MR) is 116 cm³/mol. The molecular formula is C24H25ClN2O. The van der Waals surface area contributed by atoms with Gasteiger partial charge in [-0.2, -0.15) is 0 Å². The van der Waals surface area contributed by atoms with Crippen LogP contribution in [0, 0.1) is 0 Å². The van der Waals surface area contributed by atoms with Gasteiger partial charge in [-0.05, 0) is 41.5 Å². The van der Waals surface area contributed by atoms with E-state index < -0.39 is 0 Å². The van der Waals surface area contributed by atoms with E-state index in [0.29, 0.717) is 6.61 Å². The molecule has 0 aromatic heterocycles. The fourth-order valence-electron chi connectivity index (χ4n) is 3.53. The van der Waals surface area contributed by atoms with Gasteiger partial charge in [0.15, 0.2) is 0 Å². The van der Waals surface area contributed by atoms with Crippen molar-refractivity contribution in [1.29, 1.82) is 0 Å². The van der Waals surface area contributed by atoms with Gasteiger partial charge in [0.2, 0.25) is 0 Å². The molecule has 0 amide bonds. The van der Waals surface area contributed by atoms with Crippen molar-refractivity contribution in [1.82, 2.24) is 4.90 Å². The summed E-state index contributed by atoms with van der Waals surface area (Å²) < 4.78 is 5.88. The SMILES string of the molecule is Clc1cccc(N2CCN(Cc3ccc(OCc4ccccc4)cc3)CC2)c1. The molecule has 1 fully saturated rings. The summed E-state index contributed by atoms with van der Waals surface area (Å²) >= 11 is 6.12. The number of anilines is 1. The monoisotopic (exact) mass is 392 g/mol. The maximum Gasteiger partial charge on any atom is 0.119 e. The highest BCUT2D eigenvalue weighted by Gasteiger charge is 2.17. The van der Waals surface area contributed by atoms with Crippen molar-refractivity contribution in [2.75, 3.05) is 31.1 Å². The second kappa shape index (κ2) is 9.13. The van der Waals surface area contributed by atoms with Crippen molar-refractivity contribution in [3.05, 3.63) is 95.0 Å². The molecule has 28 heavy (non-hydrogen) atoms. The van der Waals surface area contributed by atoms with Gasteiger partial charge in [-0.1, -0.05) is 60.1 Å². The first-order valence-electron chi connectivity index (χ1n) is 9.75. The summed E-state index contributed by atoms with van der Waals surface area (Å²) in [5, 5.41) is 0.800. The van der Waals surface area contributed by atoms with Gasteiger partial charge in [0.05, 0.1) is 0 Å². The molecule has 0 spiro atoms. The number of halogens is 1. The fraction of sp³-hybridized carbons (Fsp3) is 0.250. The van der Waals surface area contributed by atoms with E-state index in [9.17, 15) is 0 Å². The highest BCUT2D eigenvalue weighted by Crippen LogP contribution is 2.22. The molecule has 0 atom stereocenters. The Morgan fingerprint density at radius 1 is 0.750 bits per heavy atom. The van der Waals surface area contributed by atoms with Crippen LogP contribution >= 0.6 is 11.6 Å². The summed E-state index contributed by atoms with van der Waals surface area (Å²) in [6, 6.07) is 26.9. The number of hydrogen-bond acceptors (Lipinski definition) is 3. The van der Waals surface area contributed by atoms with E-state index in [4.69, 9.17) is 16.3 Å². The van der Waals surface area contributed by atoms with E-state index in [1.54, 1.807) is 0 Å². The van der Waals surface area contributed by atoms with E-state index in [1.165, 1.54) is 16.8 Å². The molecule has 1 aliphatic heterocycles. The van der Waals surface area contributed by atoms with Crippen LogP contribution in [0.5, 0.6) is 5.75 Å². The van der Waals surface area contributed by atoms with Gasteiger partial charge in [-0.25, -0.2) is 0 Å². The Labute approximate surface area is 172 Å². The Hall–Kier alpha value is -2.49. The molecule has 3 nitrogen and oxygen atoms in total. The summed E-state index contributed by atoms with van der Waals surface area (Å²) in [6.07, 6.45) is 0. The number of rotatable bonds is 6. The minimum absolute atomic E-state index is 0.603. The molecule has 144 valence electrons. The van der Waals surface area contributed by atoms with Crippen molar-refractivity contribution in [3.63, 3.8) is 0 Å². The third-order valence-electron chi connectivity index (χ3n) is 5.12. The number of benzene rings is 3. The molecule has 0 N–H and O–H groups in total. The Balaban J connectivity index is 1.26. The molecule has 0 bridgehead atoms. The third kappa shape index (κ3) is 5.06. The predicted octanol–water partition coefficient (Wildman–Crippen LogP) is 5.24. The van der Waals surface area contributed by atoms with Crippen LogP contribution in [0.4, 0.5) is 5.69 Å². The maximum atomic E-state index is 6.12. The van der Waals surface area contributed by atoms with Gasteiger partial charge in [-0.3, -0.25) is 4.90 Å². The van der Waals surface area contributed by atoms with Gasteiger partial charge in [-0.15, -0.1) is 0 Å². The Morgan fingerprint density at radius 2 is 1.50 bits per heavy atom. The number of hydrogen-bond donors (Lipinski definition) is 0. The summed E-state index contributed by atoms with van der Waals surface area (Å²) in [6.45, 7) is 5.74. The zero-order valence-electron chi connectivity index (χ0n) is 15.9. The van der Waals surface area contributed by atoms with Crippen molar-refractivity contribution in [2.24, 2.45) is 0 Å². The van der Waals surface area contributed by atoms with Gasteiger partial charge in [0.1, 0.15) is 12.4 Å². The van der Waals surface area contributed by atoms with Crippen LogP contribution in [0.2, 0.25) is 5.02 Å². The molecular weight excluding hydrogens is 368 g/mol. The highest BCUT2D eigenvalue weighted by atomic mass is 35.5. The smallest absolute Gasteiger partial charge is 0.119 e. The van der Waals surface area contributed by atoms with Gasteiger partial charge < -0.3 is 9.64 Å². The van der Waals surface area contributed by atoms with Gasteiger partial charge in [0, 0.05) is 43.4 Å². The van der Waals surface area contributed by atoms with E-state index >= 15 is 0 Å². The molecule has 3 aromatic carbocycles. The first-order valence-corrected chi connectivity index (χ1v) is 10.1. The molecule has 0 radical (unpaired) electrons. The number of piperazine rings is 1. The largest absolute Gasteiger partial charge is 0.489 e. The van der Waals surface area contributed by atoms with Crippen LogP contribution < -0.4 is 9.64 Å². The summed E-state index contributed by atoms with van der Waals surface area (Å²) in [7, 11) is 0. The standard InChI is InChI=1S/C24H25ClN2O/c25-22-7-4-8-23(17-22)27-15-13-26(14-16-27)18-20-9-11-24(12-10-20)28-19-21-5-2-1-3-6-21/h1-12,17H,13-16,18-19H2. The number of ether oxygens (including phenoxy) is 1. The zero-order valence-corrected chi connectivity index (χ0v) is 16.7. The Kier molecular flexibility index (Phi) is 6.15. The van der Waals surface area contributed by atoms with Crippen LogP contribution in [0.3, 0.4) is 0 Å². The van der Waals surface area contributed by atoms with Crippen molar-refractivity contribution in [3.8, 4) is 5.75 Å². The zero-order chi connectivity index (χ0) is 19.2. The van der Waals surface area contributed by atoms with Crippen LogP contribution in [-0.4, -0.2) is 31.1 Å². The normalized spacial score (nSPS) is 14.8. The topological polar surface area (TPSA) is 15.7 Å². The molecule has 1 heterocycles. The summed E-state index contributed by atoms with van der Waals surface area (Å²) in [4.78, 5) is 4.91. The average molecular weight is 393 g/mol. The second-order valence-electron chi connectivity index (χ2n) is 7.16. The number of nitrogens with zero attached hydrogens (tertiary/aromatic N) is 2. The minimum Gasteiger partial charge on any atom is -0.489 e. The first kappa shape index (κ1) is 18.9.